The van der Waals surface area contributed by atoms with Crippen LogP contribution in [0.15, 0.2) is 0 Å². The highest BCUT2D eigenvalue weighted by Crippen LogP contribution is 2.11. The molecule has 0 fully saturated rings. The summed E-state index contributed by atoms with van der Waals surface area (Å²) in [6.45, 7) is 6.36. The highest BCUT2D eigenvalue weighted by molar-refractivity contribution is 5.69. The summed E-state index contributed by atoms with van der Waals surface area (Å²) in [6.07, 6.45) is 14.2. The Morgan fingerprint density at radius 3 is 1.89 bits per heavy atom. The Balaban J connectivity index is 3.04. The minimum Gasteiger partial charge on any atom is -0.466 e. The summed E-state index contributed by atoms with van der Waals surface area (Å²) >= 11 is 0. The van der Waals surface area contributed by atoms with Crippen molar-refractivity contribution in [2.24, 2.45) is 0 Å². The summed E-state index contributed by atoms with van der Waals surface area (Å²) in [5, 5.41) is 0. The molecule has 0 spiro atoms. The number of esters is 1. The van der Waals surface area contributed by atoms with E-state index in [1.807, 2.05) is 0 Å². The predicted molar refractivity (Wildman–Crippen MR) is 77.4 cm³/mol. The van der Waals surface area contributed by atoms with E-state index in [1.165, 1.54) is 51.4 Å². The molecule has 0 saturated heterocycles. The van der Waals surface area contributed by atoms with Gasteiger partial charge in [0.15, 0.2) is 0 Å². The molecule has 0 aliphatic rings. The molecule has 1 radical (unpaired) electrons. The maximum Gasteiger partial charge on any atom is 0.305 e. The lowest BCUT2D eigenvalue weighted by atomic mass is 10.1. The summed E-state index contributed by atoms with van der Waals surface area (Å²) in [5.74, 6) is -0.0572. The third-order valence-corrected chi connectivity index (χ3v) is 3.14. The Hall–Kier alpha value is -0.530. The minimum absolute atomic E-state index is 0.0572. The van der Waals surface area contributed by atoms with Gasteiger partial charge >= 0.3 is 5.97 Å². The fourth-order valence-corrected chi connectivity index (χ4v) is 2.01. The first-order valence-corrected chi connectivity index (χ1v) is 7.76. The van der Waals surface area contributed by atoms with Crippen LogP contribution in [0, 0.1) is 6.92 Å². The van der Waals surface area contributed by atoms with Crippen molar-refractivity contribution in [1.82, 2.24) is 0 Å². The summed E-state index contributed by atoms with van der Waals surface area (Å²) in [6, 6.07) is 0. The van der Waals surface area contributed by atoms with E-state index >= 15 is 0 Å². The number of rotatable bonds is 13. The van der Waals surface area contributed by atoms with Gasteiger partial charge in [-0.05, 0) is 19.8 Å². The van der Waals surface area contributed by atoms with Crippen LogP contribution in [0.4, 0.5) is 0 Å². The molecule has 0 aromatic carbocycles. The van der Waals surface area contributed by atoms with Crippen LogP contribution in [0.3, 0.4) is 0 Å². The largest absolute Gasteiger partial charge is 0.466 e. The molecule has 0 aromatic rings. The lowest BCUT2D eigenvalue weighted by Gasteiger charge is -2.03. The molecule has 0 atom stereocenters. The zero-order valence-electron chi connectivity index (χ0n) is 12.2. The molecule has 0 bridgehead atoms. The van der Waals surface area contributed by atoms with Crippen LogP contribution >= 0.6 is 0 Å². The van der Waals surface area contributed by atoms with Crippen LogP contribution in [0.1, 0.15) is 84.0 Å². The summed E-state index contributed by atoms with van der Waals surface area (Å²) < 4.78 is 4.97. The first kappa shape index (κ1) is 17.5. The molecule has 0 N–H and O–H groups in total. The number of unbranched alkanes of at least 4 members (excludes halogenated alkanes) is 9. The first-order valence-electron chi connectivity index (χ1n) is 7.76. The lowest BCUT2D eigenvalue weighted by Crippen LogP contribution is -2.04. The van der Waals surface area contributed by atoms with Crippen molar-refractivity contribution in [2.45, 2.75) is 84.0 Å². The van der Waals surface area contributed by atoms with Crippen molar-refractivity contribution in [3.05, 3.63) is 6.92 Å². The van der Waals surface area contributed by atoms with Crippen molar-refractivity contribution in [2.75, 3.05) is 6.61 Å². The second-order valence-corrected chi connectivity index (χ2v) is 5.01. The molecular weight excluding hydrogens is 224 g/mol. The zero-order chi connectivity index (χ0) is 13.5. The zero-order valence-corrected chi connectivity index (χ0v) is 12.2. The summed E-state index contributed by atoms with van der Waals surface area (Å²) in [7, 11) is 0. The molecule has 2 heteroatoms. The topological polar surface area (TPSA) is 26.3 Å². The average Bonchev–Trinajstić information content (AvgIpc) is 2.38. The molecule has 2 nitrogen and oxygen atoms in total. The van der Waals surface area contributed by atoms with Crippen LogP contribution in [0.5, 0.6) is 0 Å². The fourth-order valence-electron chi connectivity index (χ4n) is 2.01. The van der Waals surface area contributed by atoms with Crippen molar-refractivity contribution >= 4 is 5.97 Å². The Morgan fingerprint density at radius 1 is 0.889 bits per heavy atom. The van der Waals surface area contributed by atoms with Gasteiger partial charge in [0.05, 0.1) is 6.61 Å². The molecule has 0 aromatic heterocycles. The van der Waals surface area contributed by atoms with Gasteiger partial charge < -0.3 is 4.74 Å². The molecule has 0 amide bonds. The van der Waals surface area contributed by atoms with Crippen LogP contribution in [-0.2, 0) is 9.53 Å². The van der Waals surface area contributed by atoms with Crippen molar-refractivity contribution in [3.8, 4) is 0 Å². The second-order valence-electron chi connectivity index (χ2n) is 5.01. The Bertz CT molecular complexity index is 178. The predicted octanol–water partition coefficient (Wildman–Crippen LogP) is 5.06. The van der Waals surface area contributed by atoms with E-state index in [1.54, 1.807) is 0 Å². The maximum atomic E-state index is 11.2. The van der Waals surface area contributed by atoms with Gasteiger partial charge in [-0.3, -0.25) is 4.79 Å². The van der Waals surface area contributed by atoms with Gasteiger partial charge in [-0.1, -0.05) is 64.7 Å². The molecule has 107 valence electrons. The van der Waals surface area contributed by atoms with E-state index in [-0.39, 0.29) is 5.97 Å². The molecule has 0 aliphatic carbocycles. The highest BCUT2D eigenvalue weighted by atomic mass is 16.5. The standard InChI is InChI=1S/C16H31O2/c1-3-5-6-7-8-9-10-11-12-13-14-16(17)18-15-4-2/h2-15H2,1H3. The summed E-state index contributed by atoms with van der Waals surface area (Å²) in [5.41, 5.74) is 0. The van der Waals surface area contributed by atoms with Gasteiger partial charge in [0.1, 0.15) is 0 Å². The normalized spacial score (nSPS) is 10.6. The van der Waals surface area contributed by atoms with E-state index in [2.05, 4.69) is 13.8 Å². The molecule has 0 rings (SSSR count). The highest BCUT2D eigenvalue weighted by Gasteiger charge is 2.01. The van der Waals surface area contributed by atoms with Crippen molar-refractivity contribution in [1.29, 1.82) is 0 Å². The van der Waals surface area contributed by atoms with Crippen LogP contribution in [0.2, 0.25) is 0 Å². The molecule has 0 aliphatic heterocycles. The Labute approximate surface area is 113 Å². The number of carbonyl (C=O) groups is 1. The van der Waals surface area contributed by atoms with Gasteiger partial charge in [-0.25, -0.2) is 0 Å². The van der Waals surface area contributed by atoms with Gasteiger partial charge in [0, 0.05) is 6.42 Å². The van der Waals surface area contributed by atoms with E-state index in [0.29, 0.717) is 19.4 Å². The first-order chi connectivity index (χ1) is 8.81. The second kappa shape index (κ2) is 14.5. The van der Waals surface area contributed by atoms with Crippen molar-refractivity contribution < 1.29 is 9.53 Å². The van der Waals surface area contributed by atoms with E-state index in [0.717, 1.165) is 12.8 Å². The average molecular weight is 255 g/mol. The number of ether oxygens (including phenoxy) is 1. The van der Waals surface area contributed by atoms with Gasteiger partial charge in [-0.15, -0.1) is 0 Å². The third kappa shape index (κ3) is 13.5. The maximum absolute atomic E-state index is 11.2. The number of carbonyl (C=O) groups excluding carboxylic acids is 1. The van der Waals surface area contributed by atoms with Crippen molar-refractivity contribution in [3.63, 3.8) is 0 Å². The smallest absolute Gasteiger partial charge is 0.305 e. The van der Waals surface area contributed by atoms with E-state index in [4.69, 9.17) is 4.74 Å². The third-order valence-electron chi connectivity index (χ3n) is 3.14. The quantitative estimate of drug-likeness (QED) is 0.339. The van der Waals surface area contributed by atoms with Crippen LogP contribution in [-0.4, -0.2) is 12.6 Å². The van der Waals surface area contributed by atoms with E-state index < -0.39 is 0 Å². The molecule has 0 saturated carbocycles. The summed E-state index contributed by atoms with van der Waals surface area (Å²) in [4.78, 5) is 11.2. The molecule has 0 unspecified atom stereocenters. The lowest BCUT2D eigenvalue weighted by molar-refractivity contribution is -0.143. The molecule has 0 heterocycles. The van der Waals surface area contributed by atoms with Gasteiger partial charge in [0.25, 0.3) is 0 Å². The minimum atomic E-state index is -0.0572. The molecular formula is C16H31O2. The van der Waals surface area contributed by atoms with Crippen LogP contribution in [0.25, 0.3) is 0 Å². The molecule has 18 heavy (non-hydrogen) atoms. The monoisotopic (exact) mass is 255 g/mol. The van der Waals surface area contributed by atoms with Gasteiger partial charge in [-0.2, -0.15) is 0 Å². The fraction of sp³-hybridized carbons (Fsp3) is 0.875. The Morgan fingerprint density at radius 2 is 1.39 bits per heavy atom. The number of hydrogen-bond acceptors (Lipinski definition) is 2. The Kier molecular flexibility index (Phi) is 14.1. The number of hydrogen-bond donors (Lipinski definition) is 0. The SMILES string of the molecule is [CH2]CCOC(=O)CCCCCCCCCCCC. The van der Waals surface area contributed by atoms with Crippen LogP contribution < -0.4 is 0 Å². The van der Waals surface area contributed by atoms with Gasteiger partial charge in [0.2, 0.25) is 0 Å². The van der Waals surface area contributed by atoms with E-state index in [9.17, 15) is 4.79 Å².